The molecule has 1 unspecified atom stereocenters. The van der Waals surface area contributed by atoms with Gasteiger partial charge in [0.15, 0.2) is 0 Å². The van der Waals surface area contributed by atoms with E-state index in [1.165, 1.54) is 0 Å². The van der Waals surface area contributed by atoms with E-state index in [0.29, 0.717) is 6.61 Å². The van der Waals surface area contributed by atoms with Crippen LogP contribution in [0.1, 0.15) is 27.7 Å². The van der Waals surface area contributed by atoms with Crippen LogP contribution in [0.5, 0.6) is 0 Å². The molecule has 78 valence electrons. The standard InChI is InChI=1S/C9H17ClO3/c1-7(13-8(11)5-10)6-12-9(2,3)4/h7H,5-6H2,1-4H3. The zero-order valence-corrected chi connectivity index (χ0v) is 9.35. The lowest BCUT2D eigenvalue weighted by Gasteiger charge is -2.22. The van der Waals surface area contributed by atoms with Crippen molar-refractivity contribution in [1.82, 2.24) is 0 Å². The molecule has 1 atom stereocenters. The van der Waals surface area contributed by atoms with Crippen molar-refractivity contribution >= 4 is 17.6 Å². The van der Waals surface area contributed by atoms with Crippen LogP contribution in [-0.4, -0.2) is 30.2 Å². The Kier molecular flexibility index (Phi) is 5.33. The van der Waals surface area contributed by atoms with E-state index < -0.39 is 5.97 Å². The summed E-state index contributed by atoms with van der Waals surface area (Å²) in [6, 6.07) is 0. The van der Waals surface area contributed by atoms with Gasteiger partial charge in [0.1, 0.15) is 12.0 Å². The first-order chi connectivity index (χ1) is 5.85. The third-order valence-electron chi connectivity index (χ3n) is 1.19. The van der Waals surface area contributed by atoms with Gasteiger partial charge in [0.25, 0.3) is 0 Å². The number of carbonyl (C=O) groups is 1. The van der Waals surface area contributed by atoms with Gasteiger partial charge in [-0.2, -0.15) is 0 Å². The Morgan fingerprint density at radius 2 is 2.00 bits per heavy atom. The molecule has 0 amide bonds. The van der Waals surface area contributed by atoms with Crippen molar-refractivity contribution in [3.05, 3.63) is 0 Å². The van der Waals surface area contributed by atoms with Crippen LogP contribution >= 0.6 is 11.6 Å². The summed E-state index contributed by atoms with van der Waals surface area (Å²) < 4.78 is 10.3. The molecule has 0 rings (SSSR count). The summed E-state index contributed by atoms with van der Waals surface area (Å²) in [5, 5.41) is 0. The van der Waals surface area contributed by atoms with Gasteiger partial charge in [0.2, 0.25) is 0 Å². The predicted molar refractivity (Wildman–Crippen MR) is 52.0 cm³/mol. The molecule has 0 aliphatic carbocycles. The van der Waals surface area contributed by atoms with Crippen LogP contribution in [0.4, 0.5) is 0 Å². The highest BCUT2D eigenvalue weighted by Gasteiger charge is 2.14. The molecule has 0 aromatic carbocycles. The average molecular weight is 209 g/mol. The van der Waals surface area contributed by atoms with Crippen LogP contribution in [0.3, 0.4) is 0 Å². The minimum atomic E-state index is -0.410. The van der Waals surface area contributed by atoms with Gasteiger partial charge in [0.05, 0.1) is 12.2 Å². The highest BCUT2D eigenvalue weighted by Crippen LogP contribution is 2.08. The number of halogens is 1. The molecule has 0 aliphatic rings. The van der Waals surface area contributed by atoms with Gasteiger partial charge in [-0.3, -0.25) is 4.79 Å². The maximum absolute atomic E-state index is 10.7. The van der Waals surface area contributed by atoms with E-state index in [2.05, 4.69) is 0 Å². The summed E-state index contributed by atoms with van der Waals surface area (Å²) in [4.78, 5) is 10.7. The van der Waals surface area contributed by atoms with Crippen LogP contribution in [-0.2, 0) is 14.3 Å². The molecule has 0 aromatic rings. The fraction of sp³-hybridized carbons (Fsp3) is 0.889. The monoisotopic (exact) mass is 208 g/mol. The molecular formula is C9H17ClO3. The lowest BCUT2D eigenvalue weighted by atomic mass is 10.2. The third kappa shape index (κ3) is 8.06. The highest BCUT2D eigenvalue weighted by molar-refractivity contribution is 6.26. The second kappa shape index (κ2) is 5.45. The Bertz CT molecular complexity index is 163. The summed E-state index contributed by atoms with van der Waals surface area (Å²) in [7, 11) is 0. The maximum atomic E-state index is 10.7. The minimum Gasteiger partial charge on any atom is -0.459 e. The minimum absolute atomic E-state index is 0.111. The molecule has 0 bridgehead atoms. The van der Waals surface area contributed by atoms with Gasteiger partial charge in [-0.05, 0) is 27.7 Å². The Morgan fingerprint density at radius 3 is 2.38 bits per heavy atom. The number of carbonyl (C=O) groups excluding carboxylic acids is 1. The van der Waals surface area contributed by atoms with E-state index in [1.54, 1.807) is 6.92 Å². The fourth-order valence-corrected chi connectivity index (χ4v) is 0.720. The van der Waals surface area contributed by atoms with Gasteiger partial charge < -0.3 is 9.47 Å². The fourth-order valence-electron chi connectivity index (χ4n) is 0.657. The van der Waals surface area contributed by atoms with Crippen LogP contribution in [0.25, 0.3) is 0 Å². The molecule has 0 saturated heterocycles. The smallest absolute Gasteiger partial charge is 0.321 e. The van der Waals surface area contributed by atoms with E-state index in [-0.39, 0.29) is 17.6 Å². The summed E-state index contributed by atoms with van der Waals surface area (Å²) in [6.07, 6.45) is -0.245. The second-order valence-electron chi connectivity index (χ2n) is 3.86. The predicted octanol–water partition coefficient (Wildman–Crippen LogP) is 1.97. The summed E-state index contributed by atoms with van der Waals surface area (Å²) in [6.45, 7) is 8.01. The zero-order chi connectivity index (χ0) is 10.5. The average Bonchev–Trinajstić information content (AvgIpc) is 1.99. The molecule has 0 radical (unpaired) electrons. The van der Waals surface area contributed by atoms with Crippen LogP contribution < -0.4 is 0 Å². The van der Waals surface area contributed by atoms with Crippen LogP contribution in [0, 0.1) is 0 Å². The lowest BCUT2D eigenvalue weighted by Crippen LogP contribution is -2.28. The number of esters is 1. The largest absolute Gasteiger partial charge is 0.459 e. The Balaban J connectivity index is 3.63. The zero-order valence-electron chi connectivity index (χ0n) is 8.59. The van der Waals surface area contributed by atoms with Gasteiger partial charge in [-0.25, -0.2) is 0 Å². The third-order valence-corrected chi connectivity index (χ3v) is 1.41. The second-order valence-corrected chi connectivity index (χ2v) is 4.12. The van der Waals surface area contributed by atoms with Gasteiger partial charge in [-0.1, -0.05) is 0 Å². The van der Waals surface area contributed by atoms with Crippen molar-refractivity contribution in [3.63, 3.8) is 0 Å². The summed E-state index contributed by atoms with van der Waals surface area (Å²) in [5.41, 5.74) is -0.207. The van der Waals surface area contributed by atoms with Crippen molar-refractivity contribution in [2.75, 3.05) is 12.5 Å². The van der Waals surface area contributed by atoms with Crippen LogP contribution in [0.15, 0.2) is 0 Å². The molecular weight excluding hydrogens is 192 g/mol. The van der Waals surface area contributed by atoms with Crippen molar-refractivity contribution < 1.29 is 14.3 Å². The molecule has 0 heterocycles. The van der Waals surface area contributed by atoms with Crippen molar-refractivity contribution in [2.24, 2.45) is 0 Å². The molecule has 0 N–H and O–H groups in total. The summed E-state index contributed by atoms with van der Waals surface area (Å²) in [5.74, 6) is -0.522. The number of hydrogen-bond acceptors (Lipinski definition) is 3. The highest BCUT2D eigenvalue weighted by atomic mass is 35.5. The van der Waals surface area contributed by atoms with E-state index in [4.69, 9.17) is 21.1 Å². The van der Waals surface area contributed by atoms with Crippen LogP contribution in [0.2, 0.25) is 0 Å². The number of alkyl halides is 1. The quantitative estimate of drug-likeness (QED) is 0.524. The number of hydrogen-bond donors (Lipinski definition) is 0. The summed E-state index contributed by atoms with van der Waals surface area (Å²) >= 11 is 5.27. The van der Waals surface area contributed by atoms with E-state index in [1.807, 2.05) is 20.8 Å². The first-order valence-corrected chi connectivity index (χ1v) is 4.78. The van der Waals surface area contributed by atoms with E-state index in [9.17, 15) is 4.79 Å². The maximum Gasteiger partial charge on any atom is 0.321 e. The first kappa shape index (κ1) is 12.7. The molecule has 0 aliphatic heterocycles. The van der Waals surface area contributed by atoms with Gasteiger partial charge >= 0.3 is 5.97 Å². The van der Waals surface area contributed by atoms with Crippen molar-refractivity contribution in [3.8, 4) is 0 Å². The molecule has 0 aromatic heterocycles. The molecule has 0 fully saturated rings. The van der Waals surface area contributed by atoms with E-state index >= 15 is 0 Å². The Morgan fingerprint density at radius 1 is 1.46 bits per heavy atom. The Labute approximate surface area is 84.4 Å². The molecule has 4 heteroatoms. The van der Waals surface area contributed by atoms with Gasteiger partial charge in [-0.15, -0.1) is 11.6 Å². The van der Waals surface area contributed by atoms with E-state index in [0.717, 1.165) is 0 Å². The molecule has 0 saturated carbocycles. The SMILES string of the molecule is CC(COC(C)(C)C)OC(=O)CCl. The topological polar surface area (TPSA) is 35.5 Å². The Hall–Kier alpha value is -0.280. The first-order valence-electron chi connectivity index (χ1n) is 4.24. The van der Waals surface area contributed by atoms with Gasteiger partial charge in [0, 0.05) is 0 Å². The lowest BCUT2D eigenvalue weighted by molar-refractivity contribution is -0.150. The number of ether oxygens (including phenoxy) is 2. The van der Waals surface area contributed by atoms with Crippen molar-refractivity contribution in [2.45, 2.75) is 39.4 Å². The molecule has 3 nitrogen and oxygen atoms in total. The molecule has 13 heavy (non-hydrogen) atoms. The number of rotatable bonds is 4. The van der Waals surface area contributed by atoms with Crippen molar-refractivity contribution in [1.29, 1.82) is 0 Å². The normalized spacial score (nSPS) is 13.9. The molecule has 0 spiro atoms.